The van der Waals surface area contributed by atoms with E-state index in [0.29, 0.717) is 6.04 Å². The zero-order chi connectivity index (χ0) is 16.4. The van der Waals surface area contributed by atoms with E-state index >= 15 is 0 Å². The van der Waals surface area contributed by atoms with Crippen LogP contribution in [0.5, 0.6) is 5.75 Å². The van der Waals surface area contributed by atoms with Crippen LogP contribution < -0.4 is 10.1 Å². The van der Waals surface area contributed by atoms with Gasteiger partial charge >= 0.3 is 0 Å². The number of nitrogens with one attached hydrogen (secondary N) is 1. The van der Waals surface area contributed by atoms with Crippen molar-refractivity contribution in [2.75, 3.05) is 0 Å². The third-order valence-corrected chi connectivity index (χ3v) is 4.95. The molecule has 1 aliphatic rings. The molecule has 0 spiro atoms. The fourth-order valence-corrected chi connectivity index (χ4v) is 3.45. The molecule has 0 aromatic heterocycles. The number of ether oxygens (including phenoxy) is 1. The maximum atomic E-state index is 6.40. The van der Waals surface area contributed by atoms with Crippen molar-refractivity contribution < 1.29 is 4.74 Å². The molecule has 0 bridgehead atoms. The molecule has 0 radical (unpaired) electrons. The molecule has 1 heterocycles. The van der Waals surface area contributed by atoms with Gasteiger partial charge in [-0.2, -0.15) is 0 Å². The van der Waals surface area contributed by atoms with Crippen LogP contribution in [0.15, 0.2) is 42.5 Å². The highest BCUT2D eigenvalue weighted by molar-refractivity contribution is 5.47. The van der Waals surface area contributed by atoms with Crippen LogP contribution in [0.2, 0.25) is 0 Å². The van der Waals surface area contributed by atoms with E-state index < -0.39 is 0 Å². The molecule has 0 fully saturated rings. The highest BCUT2D eigenvalue weighted by Crippen LogP contribution is 2.43. The molecule has 1 aliphatic heterocycles. The van der Waals surface area contributed by atoms with Gasteiger partial charge in [-0.1, -0.05) is 55.0 Å². The quantitative estimate of drug-likeness (QED) is 0.850. The first kappa shape index (κ1) is 16.1. The molecule has 23 heavy (non-hydrogen) atoms. The van der Waals surface area contributed by atoms with Crippen molar-refractivity contribution in [1.29, 1.82) is 0 Å². The first-order valence-electron chi connectivity index (χ1n) is 8.58. The van der Waals surface area contributed by atoms with Crippen molar-refractivity contribution in [2.24, 2.45) is 0 Å². The highest BCUT2D eigenvalue weighted by atomic mass is 16.5. The van der Waals surface area contributed by atoms with Crippen molar-refractivity contribution in [2.45, 2.75) is 58.7 Å². The Balaban J connectivity index is 1.90. The van der Waals surface area contributed by atoms with Gasteiger partial charge in [-0.25, -0.2) is 0 Å². The number of rotatable bonds is 4. The van der Waals surface area contributed by atoms with E-state index in [2.05, 4.69) is 75.5 Å². The van der Waals surface area contributed by atoms with Crippen molar-refractivity contribution in [3.05, 3.63) is 64.7 Å². The summed E-state index contributed by atoms with van der Waals surface area (Å²) in [4.78, 5) is 0. The lowest BCUT2D eigenvalue weighted by Crippen LogP contribution is -2.41. The maximum Gasteiger partial charge on any atom is 0.127 e. The minimum absolute atomic E-state index is 0.0959. The van der Waals surface area contributed by atoms with E-state index in [1.54, 1.807) is 0 Å². The first-order chi connectivity index (χ1) is 11.0. The van der Waals surface area contributed by atoms with E-state index in [1.807, 2.05) is 0 Å². The summed E-state index contributed by atoms with van der Waals surface area (Å²) in [5.74, 6) is 1.08. The van der Waals surface area contributed by atoms with Gasteiger partial charge in [0.1, 0.15) is 11.4 Å². The van der Waals surface area contributed by atoms with Crippen LogP contribution in [0.1, 0.15) is 55.0 Å². The lowest BCUT2D eigenvalue weighted by molar-refractivity contribution is 0.0430. The van der Waals surface area contributed by atoms with Gasteiger partial charge < -0.3 is 10.1 Å². The Bertz CT molecular complexity index is 680. The second kappa shape index (κ2) is 6.37. The monoisotopic (exact) mass is 309 g/mol. The Kier molecular flexibility index (Phi) is 4.45. The second-order valence-corrected chi connectivity index (χ2v) is 7.03. The summed E-state index contributed by atoms with van der Waals surface area (Å²) in [6, 6.07) is 15.4. The standard InChI is InChI=1S/C21H27NO/c1-5-21(4)13-19(22-14-17-9-7-6-8-10-17)18-12-15(2)11-16(3)20(18)23-21/h6-12,19,22H,5,13-14H2,1-4H3. The molecule has 0 saturated heterocycles. The number of aryl methyl sites for hydroxylation is 2. The number of hydrogen-bond acceptors (Lipinski definition) is 2. The third kappa shape index (κ3) is 3.42. The van der Waals surface area contributed by atoms with Gasteiger partial charge in [0.15, 0.2) is 0 Å². The molecule has 2 aromatic carbocycles. The minimum Gasteiger partial charge on any atom is -0.487 e. The fourth-order valence-electron chi connectivity index (χ4n) is 3.45. The van der Waals surface area contributed by atoms with Crippen molar-refractivity contribution in [1.82, 2.24) is 5.32 Å². The molecule has 2 heteroatoms. The second-order valence-electron chi connectivity index (χ2n) is 7.03. The van der Waals surface area contributed by atoms with Crippen LogP contribution in [0.3, 0.4) is 0 Å². The average Bonchev–Trinajstić information content (AvgIpc) is 2.55. The summed E-state index contributed by atoms with van der Waals surface area (Å²) >= 11 is 0. The topological polar surface area (TPSA) is 21.3 Å². The Labute approximate surface area is 139 Å². The zero-order valence-electron chi connectivity index (χ0n) is 14.6. The van der Waals surface area contributed by atoms with Crippen LogP contribution in [-0.4, -0.2) is 5.60 Å². The van der Waals surface area contributed by atoms with Gasteiger partial charge in [0.25, 0.3) is 0 Å². The van der Waals surface area contributed by atoms with Gasteiger partial charge in [-0.05, 0) is 38.3 Å². The molecule has 0 amide bonds. The summed E-state index contributed by atoms with van der Waals surface area (Å²) in [6.07, 6.45) is 2.02. The Hall–Kier alpha value is -1.80. The van der Waals surface area contributed by atoms with Crippen molar-refractivity contribution in [3.63, 3.8) is 0 Å². The molecular formula is C21H27NO. The van der Waals surface area contributed by atoms with E-state index in [-0.39, 0.29) is 5.60 Å². The molecule has 2 atom stereocenters. The summed E-state index contributed by atoms with van der Waals surface area (Å²) < 4.78 is 6.40. The van der Waals surface area contributed by atoms with Gasteiger partial charge in [-0.15, -0.1) is 0 Å². The highest BCUT2D eigenvalue weighted by Gasteiger charge is 2.36. The largest absolute Gasteiger partial charge is 0.487 e. The van der Waals surface area contributed by atoms with Gasteiger partial charge in [0.2, 0.25) is 0 Å². The van der Waals surface area contributed by atoms with E-state index in [0.717, 1.165) is 25.1 Å². The molecule has 0 aliphatic carbocycles. The van der Waals surface area contributed by atoms with E-state index in [9.17, 15) is 0 Å². The van der Waals surface area contributed by atoms with Crippen LogP contribution in [0, 0.1) is 13.8 Å². The molecule has 2 aromatic rings. The maximum absolute atomic E-state index is 6.40. The Morgan fingerprint density at radius 3 is 2.61 bits per heavy atom. The van der Waals surface area contributed by atoms with E-state index in [4.69, 9.17) is 4.74 Å². The summed E-state index contributed by atoms with van der Waals surface area (Å²) in [5.41, 5.74) is 5.08. The Morgan fingerprint density at radius 1 is 1.17 bits per heavy atom. The van der Waals surface area contributed by atoms with Crippen LogP contribution in [0.25, 0.3) is 0 Å². The number of fused-ring (bicyclic) bond motifs is 1. The lowest BCUT2D eigenvalue weighted by Gasteiger charge is -2.41. The minimum atomic E-state index is -0.0959. The number of hydrogen-bond donors (Lipinski definition) is 1. The summed E-state index contributed by atoms with van der Waals surface area (Å²) in [6.45, 7) is 9.64. The van der Waals surface area contributed by atoms with Crippen molar-refractivity contribution >= 4 is 0 Å². The normalized spacial score (nSPS) is 23.2. The number of benzene rings is 2. The molecule has 2 nitrogen and oxygen atoms in total. The van der Waals surface area contributed by atoms with E-state index in [1.165, 1.54) is 22.3 Å². The third-order valence-electron chi connectivity index (χ3n) is 4.95. The predicted molar refractivity (Wildman–Crippen MR) is 95.9 cm³/mol. The first-order valence-corrected chi connectivity index (χ1v) is 8.58. The molecule has 2 unspecified atom stereocenters. The predicted octanol–water partition coefficient (Wildman–Crippen LogP) is 5.09. The molecule has 122 valence electrons. The summed E-state index contributed by atoms with van der Waals surface area (Å²) in [5, 5.41) is 3.76. The van der Waals surface area contributed by atoms with Gasteiger partial charge in [-0.3, -0.25) is 0 Å². The SMILES string of the molecule is CCC1(C)CC(NCc2ccccc2)c2cc(C)cc(C)c2O1. The molecule has 0 saturated carbocycles. The lowest BCUT2D eigenvalue weighted by atomic mass is 9.85. The van der Waals surface area contributed by atoms with Crippen LogP contribution in [0.4, 0.5) is 0 Å². The van der Waals surface area contributed by atoms with Gasteiger partial charge in [0.05, 0.1) is 0 Å². The molecule has 3 rings (SSSR count). The molecule has 1 N–H and O–H groups in total. The Morgan fingerprint density at radius 2 is 1.91 bits per heavy atom. The fraction of sp³-hybridized carbons (Fsp3) is 0.429. The smallest absolute Gasteiger partial charge is 0.127 e. The van der Waals surface area contributed by atoms with Crippen molar-refractivity contribution in [3.8, 4) is 5.75 Å². The molecular weight excluding hydrogens is 282 g/mol. The zero-order valence-corrected chi connectivity index (χ0v) is 14.6. The van der Waals surface area contributed by atoms with Crippen LogP contribution in [-0.2, 0) is 6.54 Å². The van der Waals surface area contributed by atoms with Gasteiger partial charge in [0, 0.05) is 24.6 Å². The van der Waals surface area contributed by atoms with Crippen LogP contribution >= 0.6 is 0 Å². The summed E-state index contributed by atoms with van der Waals surface area (Å²) in [7, 11) is 0. The average molecular weight is 309 g/mol.